The van der Waals surface area contributed by atoms with Crippen molar-refractivity contribution in [3.8, 4) is 0 Å². The highest BCUT2D eigenvalue weighted by Gasteiger charge is 2.48. The van der Waals surface area contributed by atoms with E-state index in [9.17, 15) is 9.59 Å². The van der Waals surface area contributed by atoms with Crippen LogP contribution in [0.5, 0.6) is 0 Å². The minimum atomic E-state index is 0.248. The lowest BCUT2D eigenvalue weighted by molar-refractivity contribution is -0.149. The van der Waals surface area contributed by atoms with Crippen molar-refractivity contribution < 1.29 is 9.59 Å². The molecule has 5 heteroatoms. The molecule has 26 heavy (non-hydrogen) atoms. The molecule has 4 aliphatic rings. The first kappa shape index (κ1) is 18.3. The molecule has 0 bridgehead atoms. The van der Waals surface area contributed by atoms with Crippen molar-refractivity contribution in [1.82, 2.24) is 15.1 Å². The Hall–Kier alpha value is -1.10. The van der Waals surface area contributed by atoms with Crippen LogP contribution in [0.3, 0.4) is 0 Å². The van der Waals surface area contributed by atoms with Gasteiger partial charge in [0.1, 0.15) is 0 Å². The van der Waals surface area contributed by atoms with E-state index in [1.54, 1.807) is 0 Å². The first-order chi connectivity index (χ1) is 12.7. The molecule has 0 aromatic rings. The molecule has 0 aromatic carbocycles. The summed E-state index contributed by atoms with van der Waals surface area (Å²) in [6, 6.07) is 0. The Morgan fingerprint density at radius 2 is 1.50 bits per heavy atom. The van der Waals surface area contributed by atoms with E-state index in [1.165, 1.54) is 44.9 Å². The number of carbonyl (C=O) groups is 2. The zero-order valence-electron chi connectivity index (χ0n) is 16.2. The van der Waals surface area contributed by atoms with Gasteiger partial charge >= 0.3 is 0 Å². The quantitative estimate of drug-likeness (QED) is 0.840. The van der Waals surface area contributed by atoms with Crippen molar-refractivity contribution in [2.45, 2.75) is 64.2 Å². The minimum absolute atomic E-state index is 0.248. The molecule has 5 nitrogen and oxygen atoms in total. The Morgan fingerprint density at radius 3 is 2.15 bits per heavy atom. The van der Waals surface area contributed by atoms with E-state index in [0.717, 1.165) is 58.5 Å². The van der Waals surface area contributed by atoms with Crippen LogP contribution in [0.4, 0.5) is 0 Å². The van der Waals surface area contributed by atoms with Gasteiger partial charge in [-0.3, -0.25) is 9.59 Å². The molecule has 0 aromatic heterocycles. The van der Waals surface area contributed by atoms with Crippen LogP contribution in [0.25, 0.3) is 0 Å². The maximum Gasteiger partial charge on any atom is 0.225 e. The lowest BCUT2D eigenvalue weighted by atomic mass is 9.57. The van der Waals surface area contributed by atoms with Gasteiger partial charge in [0.15, 0.2) is 0 Å². The molecule has 2 heterocycles. The Balaban J connectivity index is 1.20. The van der Waals surface area contributed by atoms with E-state index in [4.69, 9.17) is 0 Å². The molecule has 2 aliphatic heterocycles. The van der Waals surface area contributed by atoms with Crippen LogP contribution in [0.1, 0.15) is 64.2 Å². The number of hydrogen-bond acceptors (Lipinski definition) is 3. The Kier molecular flexibility index (Phi) is 5.53. The summed E-state index contributed by atoms with van der Waals surface area (Å²) < 4.78 is 0. The van der Waals surface area contributed by atoms with Crippen LogP contribution < -0.4 is 5.32 Å². The number of hydrogen-bond donors (Lipinski definition) is 1. The highest BCUT2D eigenvalue weighted by molar-refractivity contribution is 5.81. The predicted octanol–water partition coefficient (Wildman–Crippen LogP) is 2.41. The average molecular weight is 362 g/mol. The molecule has 2 amide bonds. The largest absolute Gasteiger partial charge is 0.339 e. The lowest BCUT2D eigenvalue weighted by Gasteiger charge is -2.51. The molecule has 2 aliphatic carbocycles. The van der Waals surface area contributed by atoms with Gasteiger partial charge in [0, 0.05) is 38.5 Å². The summed E-state index contributed by atoms with van der Waals surface area (Å²) in [6.07, 6.45) is 11.8. The van der Waals surface area contributed by atoms with E-state index < -0.39 is 0 Å². The average Bonchev–Trinajstić information content (AvgIpc) is 2.67. The first-order valence-corrected chi connectivity index (χ1v) is 10.9. The van der Waals surface area contributed by atoms with Crippen molar-refractivity contribution in [3.05, 3.63) is 0 Å². The van der Waals surface area contributed by atoms with Gasteiger partial charge in [0.25, 0.3) is 0 Å². The van der Waals surface area contributed by atoms with Gasteiger partial charge in [-0.05, 0) is 62.9 Å². The molecule has 1 N–H and O–H groups in total. The van der Waals surface area contributed by atoms with E-state index in [2.05, 4.69) is 5.32 Å². The predicted molar refractivity (Wildman–Crippen MR) is 102 cm³/mol. The third kappa shape index (κ3) is 3.92. The second-order valence-corrected chi connectivity index (χ2v) is 9.27. The topological polar surface area (TPSA) is 52.7 Å². The molecule has 1 spiro atoms. The van der Waals surface area contributed by atoms with Crippen molar-refractivity contribution in [2.24, 2.45) is 17.3 Å². The van der Waals surface area contributed by atoms with Crippen LogP contribution in [0.15, 0.2) is 0 Å². The number of nitrogens with zero attached hydrogens (tertiary/aromatic N) is 2. The van der Waals surface area contributed by atoms with E-state index in [-0.39, 0.29) is 5.92 Å². The van der Waals surface area contributed by atoms with Crippen LogP contribution in [-0.4, -0.2) is 60.9 Å². The summed E-state index contributed by atoms with van der Waals surface area (Å²) >= 11 is 0. The van der Waals surface area contributed by atoms with Crippen LogP contribution in [0.2, 0.25) is 0 Å². The Morgan fingerprint density at radius 1 is 0.885 bits per heavy atom. The molecule has 2 saturated heterocycles. The molecule has 0 unspecified atom stereocenters. The fourth-order valence-electron chi connectivity index (χ4n) is 5.73. The summed E-state index contributed by atoms with van der Waals surface area (Å²) in [5.41, 5.74) is 0.462. The van der Waals surface area contributed by atoms with Gasteiger partial charge in [0.05, 0.1) is 0 Å². The van der Waals surface area contributed by atoms with Crippen molar-refractivity contribution >= 4 is 11.8 Å². The number of piperazine rings is 1. The summed E-state index contributed by atoms with van der Waals surface area (Å²) in [5.74, 6) is 1.53. The Bertz CT molecular complexity index is 507. The Labute approximate surface area is 157 Å². The third-order valence-corrected chi connectivity index (χ3v) is 7.50. The summed E-state index contributed by atoms with van der Waals surface area (Å²) in [7, 11) is 0. The second-order valence-electron chi connectivity index (χ2n) is 9.27. The van der Waals surface area contributed by atoms with Crippen LogP contribution >= 0.6 is 0 Å². The van der Waals surface area contributed by atoms with E-state index in [1.807, 2.05) is 9.80 Å². The number of carbonyl (C=O) groups excluding carboxylic acids is 2. The zero-order valence-corrected chi connectivity index (χ0v) is 16.2. The summed E-state index contributed by atoms with van der Waals surface area (Å²) in [4.78, 5) is 29.4. The standard InChI is InChI=1S/C21H35N3O2/c25-19(14-17-4-2-1-3-5-17)23-10-12-24(13-11-23)20(26)18-15-21(16-18)6-8-22-9-7-21/h17-18,22H,1-16H2. The fraction of sp³-hybridized carbons (Fsp3) is 0.905. The molecule has 0 atom stereocenters. The molecular weight excluding hydrogens is 326 g/mol. The van der Waals surface area contributed by atoms with Gasteiger partial charge in [-0.25, -0.2) is 0 Å². The maximum absolute atomic E-state index is 12.8. The number of rotatable bonds is 3. The van der Waals surface area contributed by atoms with Gasteiger partial charge in [-0.2, -0.15) is 0 Å². The third-order valence-electron chi connectivity index (χ3n) is 7.50. The smallest absolute Gasteiger partial charge is 0.225 e. The summed E-state index contributed by atoms with van der Waals surface area (Å²) in [6.45, 7) is 5.17. The normalized spacial score (nSPS) is 27.4. The van der Waals surface area contributed by atoms with Gasteiger partial charge < -0.3 is 15.1 Å². The van der Waals surface area contributed by atoms with Crippen LogP contribution in [-0.2, 0) is 9.59 Å². The van der Waals surface area contributed by atoms with Crippen LogP contribution in [0, 0.1) is 17.3 Å². The molecular formula is C21H35N3O2. The highest BCUT2D eigenvalue weighted by Crippen LogP contribution is 2.52. The molecule has 2 saturated carbocycles. The van der Waals surface area contributed by atoms with Gasteiger partial charge in [-0.1, -0.05) is 19.3 Å². The van der Waals surface area contributed by atoms with Gasteiger partial charge in [-0.15, -0.1) is 0 Å². The van der Waals surface area contributed by atoms with Crippen molar-refractivity contribution in [2.75, 3.05) is 39.3 Å². The molecule has 0 radical (unpaired) electrons. The monoisotopic (exact) mass is 361 g/mol. The number of amides is 2. The number of nitrogens with one attached hydrogen (secondary N) is 1. The maximum atomic E-state index is 12.8. The SMILES string of the molecule is O=C(CC1CCCCC1)N1CCN(C(=O)C2CC3(CCNCC3)C2)CC1. The molecule has 4 fully saturated rings. The highest BCUT2D eigenvalue weighted by atomic mass is 16.2. The molecule has 146 valence electrons. The van der Waals surface area contributed by atoms with E-state index >= 15 is 0 Å². The van der Waals surface area contributed by atoms with Crippen molar-refractivity contribution in [1.29, 1.82) is 0 Å². The number of piperidine rings is 1. The van der Waals surface area contributed by atoms with Gasteiger partial charge in [0.2, 0.25) is 11.8 Å². The minimum Gasteiger partial charge on any atom is -0.339 e. The molecule has 4 rings (SSSR count). The van der Waals surface area contributed by atoms with Crippen molar-refractivity contribution in [3.63, 3.8) is 0 Å². The lowest BCUT2D eigenvalue weighted by Crippen LogP contribution is -2.55. The first-order valence-electron chi connectivity index (χ1n) is 10.9. The zero-order chi connectivity index (χ0) is 18.0. The van der Waals surface area contributed by atoms with E-state index in [0.29, 0.717) is 23.1 Å². The fourth-order valence-corrected chi connectivity index (χ4v) is 5.73. The summed E-state index contributed by atoms with van der Waals surface area (Å²) in [5, 5.41) is 3.43. The second kappa shape index (κ2) is 7.87.